The number of aliphatic carboxylic acids is 1. The van der Waals surface area contributed by atoms with Gasteiger partial charge in [0.25, 0.3) is 0 Å². The number of allylic oxidation sites excluding steroid dienone is 4. The summed E-state index contributed by atoms with van der Waals surface area (Å²) in [7, 11) is 0. The zero-order valence-electron chi connectivity index (χ0n) is 54.9. The molecule has 4 aliphatic heterocycles. The second kappa shape index (κ2) is 26.6. The van der Waals surface area contributed by atoms with E-state index in [0.717, 1.165) is 5.57 Å². The third-order valence-electron chi connectivity index (χ3n) is 23.6. The van der Waals surface area contributed by atoms with Crippen LogP contribution in [0.3, 0.4) is 0 Å². The van der Waals surface area contributed by atoms with Crippen molar-refractivity contribution in [2.75, 3.05) is 19.8 Å². The van der Waals surface area contributed by atoms with E-state index in [1.54, 1.807) is 33.8 Å². The van der Waals surface area contributed by atoms with Crippen molar-refractivity contribution in [1.82, 2.24) is 0 Å². The van der Waals surface area contributed by atoms with Gasteiger partial charge in [-0.1, -0.05) is 72.3 Å². The summed E-state index contributed by atoms with van der Waals surface area (Å²) in [5.74, 6) is -7.49. The number of rotatable bonds is 17. The van der Waals surface area contributed by atoms with Crippen molar-refractivity contribution >= 4 is 23.9 Å². The molecule has 27 heteroatoms. The summed E-state index contributed by atoms with van der Waals surface area (Å²) in [6, 6.07) is 0. The quantitative estimate of drug-likeness (QED) is 0.0242. The number of aliphatic hydroxyl groups is 11. The van der Waals surface area contributed by atoms with Crippen LogP contribution in [0, 0.1) is 50.2 Å². The summed E-state index contributed by atoms with van der Waals surface area (Å²) in [6.07, 6.45) is -26.4. The Labute approximate surface area is 535 Å². The van der Waals surface area contributed by atoms with Crippen LogP contribution < -0.4 is 0 Å². The second-order valence-electron chi connectivity index (χ2n) is 29.4. The molecular formula is C65H100O27. The molecule has 5 aliphatic carbocycles. The fraction of sp³-hybridized carbons (Fsp3) is 0.846. The fourth-order valence-corrected chi connectivity index (χ4v) is 17.9. The van der Waals surface area contributed by atoms with Gasteiger partial charge in [-0.15, -0.1) is 0 Å². The molecule has 4 saturated carbocycles. The van der Waals surface area contributed by atoms with Gasteiger partial charge in [0, 0.05) is 24.5 Å². The molecule has 0 radical (unpaired) electrons. The van der Waals surface area contributed by atoms with Crippen molar-refractivity contribution in [3.8, 4) is 0 Å². The number of aliphatic hydroxyl groups excluding tert-OH is 10. The van der Waals surface area contributed by atoms with Gasteiger partial charge in [-0.05, 0) is 124 Å². The molecule has 27 nitrogen and oxygen atoms in total. The van der Waals surface area contributed by atoms with Crippen molar-refractivity contribution in [3.05, 3.63) is 34.9 Å². The predicted octanol–water partition coefficient (Wildman–Crippen LogP) is 1.06. The maximum atomic E-state index is 13.5. The molecule has 9 rings (SSSR count). The van der Waals surface area contributed by atoms with Gasteiger partial charge in [-0.25, -0.2) is 14.4 Å². The van der Waals surface area contributed by atoms with Crippen molar-refractivity contribution in [2.24, 2.45) is 50.2 Å². The van der Waals surface area contributed by atoms with Crippen molar-refractivity contribution in [1.29, 1.82) is 0 Å². The number of hydrogen-bond acceptors (Lipinski definition) is 26. The topological polar surface area (TPSA) is 413 Å². The predicted molar refractivity (Wildman–Crippen MR) is 316 cm³/mol. The standard InChI is InChI=1S/C65H100O27/c1-14-28(3)53(79)88-47-30(5)82-56(46(76)48(47)89-54(80)29(4)15-2)90-49-50(83-31(6)69)64(27-68)33(22-59(49,7)8)32-16-17-38-61(11)20-19-40(60(9,10)37(61)18-21-62(38,12)63(32,13)24-39(64)70)87-58-51(91-55-45(75)43(73)41(71)35(25-66)85-55)65(81,23-34(84-58)52(77)78)92-57-44(74)42(72)36(26-67)86-57/h14-16,30,33-51,55-58,66-68,70-76,81H,17-27H2,1-13H3,(H,77,78)/b28-14-,29-15-/t30?,33?,34?,35?,36-,37?,38?,39-,40+,41+,42+,43+,44?,45?,46?,47+,48-,49+,50+,51?,55+,56+,57+,58+,61+,62-,63-,64+,65-/m1/s1. The number of hydrogen-bond donors (Lipinski definition) is 12. The third-order valence-corrected chi connectivity index (χ3v) is 23.6. The molecule has 4 heterocycles. The lowest BCUT2D eigenvalue weighted by molar-refractivity contribution is -0.432. The van der Waals surface area contributed by atoms with Gasteiger partial charge in [0.15, 0.2) is 49.6 Å². The number of carboxylic acids is 1. The van der Waals surface area contributed by atoms with E-state index >= 15 is 0 Å². The van der Waals surface area contributed by atoms with Crippen LogP contribution >= 0.6 is 0 Å². The Kier molecular flexibility index (Phi) is 21.0. The summed E-state index contributed by atoms with van der Waals surface area (Å²) in [6.45, 7) is 21.4. The monoisotopic (exact) mass is 1310 g/mol. The normalized spacial score (nSPS) is 48.4. The highest BCUT2D eigenvalue weighted by molar-refractivity contribution is 5.88. The van der Waals surface area contributed by atoms with E-state index in [4.69, 9.17) is 52.1 Å². The number of carbonyl (C=O) groups excluding carboxylic acids is 3. The minimum Gasteiger partial charge on any atom is -0.479 e. The molecule has 8 fully saturated rings. The fourth-order valence-electron chi connectivity index (χ4n) is 17.9. The molecule has 12 N–H and O–H groups in total. The van der Waals surface area contributed by atoms with Gasteiger partial charge >= 0.3 is 23.9 Å². The SMILES string of the molecule is C/C=C(/C)C(=O)O[C@@H]1C(O)[C@H](O[C@H]2[C@H](OC(C)=O)[C@@]3(CO)C(CC2(C)C)C2=CCC4[C@@]5(C)CC[C@H](O[C@@H]6OC(C(=O)O)C[C@@](O)(O[C@@H]7O[C@H](CO)[C@H](O)C7O)C6O[C@@H]6OC(CO)[C@H](O)[C@H](O)C6O)C(C)(C)C5CC[C@@]4(C)[C@]2(C)C[C@H]3O)OC(C)[C@@H]1OC(=O)/C(C)=C\C. The highest BCUT2D eigenvalue weighted by Gasteiger charge is 2.74. The highest BCUT2D eigenvalue weighted by atomic mass is 16.8. The summed E-state index contributed by atoms with van der Waals surface area (Å²) < 4.78 is 67.6. The van der Waals surface area contributed by atoms with Crippen LogP contribution in [0.2, 0.25) is 0 Å². The molecular weight excluding hydrogens is 1210 g/mol. The Morgan fingerprint density at radius 2 is 1.18 bits per heavy atom. The molecule has 92 heavy (non-hydrogen) atoms. The molecule has 0 aromatic rings. The van der Waals surface area contributed by atoms with Gasteiger partial charge in [0.2, 0.25) is 5.79 Å². The molecule has 0 amide bonds. The molecule has 10 unspecified atom stereocenters. The van der Waals surface area contributed by atoms with Crippen molar-refractivity contribution in [3.63, 3.8) is 0 Å². The van der Waals surface area contributed by atoms with Gasteiger partial charge < -0.3 is 113 Å². The molecule has 0 aromatic carbocycles. The number of esters is 3. The Balaban J connectivity index is 1.01. The minimum absolute atomic E-state index is 0.0527. The summed E-state index contributed by atoms with van der Waals surface area (Å²) in [4.78, 5) is 53.0. The van der Waals surface area contributed by atoms with Crippen LogP contribution in [-0.2, 0) is 71.3 Å². The Hall–Kier alpha value is -3.66. The van der Waals surface area contributed by atoms with E-state index in [0.29, 0.717) is 32.1 Å². The molecule has 29 atom stereocenters. The van der Waals surface area contributed by atoms with Gasteiger partial charge in [-0.2, -0.15) is 0 Å². The second-order valence-corrected chi connectivity index (χ2v) is 29.4. The molecule has 0 aromatic heterocycles. The Morgan fingerprint density at radius 3 is 1.76 bits per heavy atom. The van der Waals surface area contributed by atoms with Crippen LogP contribution in [0.15, 0.2) is 34.9 Å². The van der Waals surface area contributed by atoms with E-state index in [1.165, 1.54) is 19.9 Å². The lowest BCUT2D eigenvalue weighted by Crippen LogP contribution is -2.73. The van der Waals surface area contributed by atoms with Crippen LogP contribution in [0.25, 0.3) is 0 Å². The largest absolute Gasteiger partial charge is 0.479 e. The minimum atomic E-state index is -2.90. The maximum Gasteiger partial charge on any atom is 0.333 e. The van der Waals surface area contributed by atoms with E-state index in [9.17, 15) is 80.5 Å². The number of carboxylic acid groups (broad SMARTS) is 1. The van der Waals surface area contributed by atoms with Crippen molar-refractivity contribution in [2.45, 2.75) is 276 Å². The summed E-state index contributed by atoms with van der Waals surface area (Å²) >= 11 is 0. The lowest BCUT2D eigenvalue weighted by Gasteiger charge is -2.72. The Morgan fingerprint density at radius 1 is 0.620 bits per heavy atom. The van der Waals surface area contributed by atoms with Gasteiger partial charge in [-0.3, -0.25) is 4.79 Å². The van der Waals surface area contributed by atoms with E-state index in [2.05, 4.69) is 26.8 Å². The molecule has 0 spiro atoms. The first-order valence-electron chi connectivity index (χ1n) is 32.3. The average Bonchev–Trinajstić information content (AvgIpc) is 0.727. The first kappa shape index (κ1) is 72.6. The van der Waals surface area contributed by atoms with E-state index in [-0.39, 0.29) is 35.8 Å². The Bertz CT molecular complexity index is 2810. The first-order chi connectivity index (χ1) is 42.9. The summed E-state index contributed by atoms with van der Waals surface area (Å²) in [5, 5.41) is 135. The zero-order chi connectivity index (χ0) is 68.1. The average molecular weight is 1310 g/mol. The lowest BCUT2D eigenvalue weighted by atomic mass is 9.33. The zero-order valence-corrected chi connectivity index (χ0v) is 54.9. The van der Waals surface area contributed by atoms with Crippen LogP contribution in [0.4, 0.5) is 0 Å². The molecule has 0 bridgehead atoms. The molecule has 4 saturated heterocycles. The maximum absolute atomic E-state index is 13.5. The number of ether oxygens (including phenoxy) is 11. The van der Waals surface area contributed by atoms with Gasteiger partial charge in [0.05, 0.1) is 43.5 Å². The highest BCUT2D eigenvalue weighted by Crippen LogP contribution is 2.76. The van der Waals surface area contributed by atoms with Crippen molar-refractivity contribution < 1.29 is 133 Å². The summed E-state index contributed by atoms with van der Waals surface area (Å²) in [5.41, 5.74) is -3.60. The molecule has 9 aliphatic rings. The van der Waals surface area contributed by atoms with Crippen LogP contribution in [0.5, 0.6) is 0 Å². The van der Waals surface area contributed by atoms with Crippen LogP contribution in [-0.4, -0.2) is 240 Å². The number of carbonyl (C=O) groups is 4. The van der Waals surface area contributed by atoms with E-state index in [1.807, 2.05) is 27.7 Å². The van der Waals surface area contributed by atoms with Crippen LogP contribution in [0.1, 0.15) is 141 Å². The third kappa shape index (κ3) is 12.2. The first-order valence-corrected chi connectivity index (χ1v) is 32.3. The smallest absolute Gasteiger partial charge is 0.333 e. The molecule has 522 valence electrons. The number of fused-ring (bicyclic) bond motifs is 7. The van der Waals surface area contributed by atoms with E-state index < -0.39 is 223 Å². The van der Waals surface area contributed by atoms with Gasteiger partial charge in [0.1, 0.15) is 61.0 Å².